The Kier molecular flexibility index (Phi) is 5.74. The molecular weight excluding hydrogens is 427 g/mol. The lowest BCUT2D eigenvalue weighted by atomic mass is 10.1. The second-order valence-corrected chi connectivity index (χ2v) is 8.22. The van der Waals surface area contributed by atoms with Crippen LogP contribution in [-0.2, 0) is 4.74 Å². The van der Waals surface area contributed by atoms with Gasteiger partial charge in [-0.25, -0.2) is 9.18 Å². The first kappa shape index (κ1) is 21.4. The third-order valence-corrected chi connectivity index (χ3v) is 6.26. The summed E-state index contributed by atoms with van der Waals surface area (Å²) >= 11 is 0. The lowest BCUT2D eigenvalue weighted by molar-refractivity contribution is 0.0695. The highest BCUT2D eigenvalue weighted by Crippen LogP contribution is 2.28. The molecule has 0 unspecified atom stereocenters. The molecule has 9 heteroatoms. The van der Waals surface area contributed by atoms with Crippen LogP contribution in [0.2, 0.25) is 0 Å². The van der Waals surface area contributed by atoms with E-state index in [1.807, 2.05) is 29.2 Å². The van der Waals surface area contributed by atoms with Gasteiger partial charge in [0.25, 0.3) is 0 Å². The molecule has 0 spiro atoms. The molecule has 0 atom stereocenters. The second-order valence-electron chi connectivity index (χ2n) is 8.22. The molecule has 2 aliphatic rings. The molecule has 0 saturated carbocycles. The maximum atomic E-state index is 15.0. The Morgan fingerprint density at radius 1 is 0.970 bits per heavy atom. The van der Waals surface area contributed by atoms with Crippen LogP contribution in [0.3, 0.4) is 0 Å². The fraction of sp³-hybridized carbons (Fsp3) is 0.333. The van der Waals surface area contributed by atoms with Gasteiger partial charge < -0.3 is 29.5 Å². The topological polar surface area (TPSA) is 87.0 Å². The number of ether oxygens (including phenoxy) is 1. The number of benzene rings is 2. The van der Waals surface area contributed by atoms with Crippen molar-refractivity contribution in [2.45, 2.75) is 0 Å². The standard InChI is InChI=1S/C24H25FN4O4/c25-20-13-18-21(14-22(20)28-7-5-26-6-8-28)29(15-19(23(18)30)24(31)32)17-3-1-16(2-4-17)27-9-11-33-12-10-27/h1-4,13-15,26H,5-12H2,(H,31,32). The Hall–Kier alpha value is -3.43. The first-order valence-corrected chi connectivity index (χ1v) is 11.0. The molecule has 172 valence electrons. The number of carboxylic acid groups (broad SMARTS) is 1. The molecular formula is C24H25FN4O4. The van der Waals surface area contributed by atoms with Crippen LogP contribution in [-0.4, -0.2) is 68.1 Å². The Morgan fingerprint density at radius 2 is 1.64 bits per heavy atom. The van der Waals surface area contributed by atoms with E-state index in [9.17, 15) is 14.7 Å². The number of aromatic nitrogens is 1. The van der Waals surface area contributed by atoms with Gasteiger partial charge in [0.1, 0.15) is 11.4 Å². The van der Waals surface area contributed by atoms with E-state index in [4.69, 9.17) is 4.74 Å². The van der Waals surface area contributed by atoms with E-state index < -0.39 is 22.8 Å². The molecule has 2 N–H and O–H groups in total. The third kappa shape index (κ3) is 4.05. The SMILES string of the molecule is O=C(O)c1cn(-c2ccc(N3CCOCC3)cc2)c2cc(N3CCNCC3)c(F)cc2c1=O. The minimum atomic E-state index is -1.34. The lowest BCUT2D eigenvalue weighted by Gasteiger charge is -2.30. The molecule has 0 bridgehead atoms. The number of pyridine rings is 1. The van der Waals surface area contributed by atoms with Gasteiger partial charge in [-0.3, -0.25) is 4.79 Å². The van der Waals surface area contributed by atoms with E-state index >= 15 is 4.39 Å². The van der Waals surface area contributed by atoms with Gasteiger partial charge >= 0.3 is 5.97 Å². The van der Waals surface area contributed by atoms with Crippen molar-refractivity contribution >= 4 is 28.2 Å². The summed E-state index contributed by atoms with van der Waals surface area (Å²) < 4.78 is 22.1. The van der Waals surface area contributed by atoms with Gasteiger partial charge in [0.15, 0.2) is 0 Å². The van der Waals surface area contributed by atoms with Gasteiger partial charge in [0.05, 0.1) is 24.4 Å². The summed E-state index contributed by atoms with van der Waals surface area (Å²) in [4.78, 5) is 28.8. The molecule has 8 nitrogen and oxygen atoms in total. The molecule has 2 aliphatic heterocycles. The molecule has 1 aromatic heterocycles. The van der Waals surface area contributed by atoms with Gasteiger partial charge in [-0.2, -0.15) is 0 Å². The van der Waals surface area contributed by atoms with E-state index in [0.717, 1.165) is 31.9 Å². The predicted octanol–water partition coefficient (Wildman–Crippen LogP) is 2.07. The molecule has 2 aromatic carbocycles. The number of carbonyl (C=O) groups is 1. The van der Waals surface area contributed by atoms with Crippen molar-refractivity contribution in [3.63, 3.8) is 0 Å². The highest BCUT2D eigenvalue weighted by molar-refractivity contribution is 5.94. The van der Waals surface area contributed by atoms with E-state index in [1.165, 1.54) is 12.3 Å². The zero-order valence-corrected chi connectivity index (χ0v) is 18.1. The van der Waals surface area contributed by atoms with Crippen molar-refractivity contribution in [1.29, 1.82) is 0 Å². The second kappa shape index (κ2) is 8.84. The zero-order chi connectivity index (χ0) is 22.9. The fourth-order valence-electron chi connectivity index (χ4n) is 4.49. The van der Waals surface area contributed by atoms with Crippen LogP contribution in [0.15, 0.2) is 47.4 Å². The molecule has 5 rings (SSSR count). The van der Waals surface area contributed by atoms with Crippen molar-refractivity contribution in [1.82, 2.24) is 9.88 Å². The zero-order valence-electron chi connectivity index (χ0n) is 18.1. The number of halogens is 1. The number of carboxylic acids is 1. The van der Waals surface area contributed by atoms with E-state index in [1.54, 1.807) is 10.6 Å². The number of hydrogen-bond donors (Lipinski definition) is 2. The van der Waals surface area contributed by atoms with Gasteiger partial charge in [0.2, 0.25) is 5.43 Å². The van der Waals surface area contributed by atoms with Crippen LogP contribution >= 0.6 is 0 Å². The number of fused-ring (bicyclic) bond motifs is 1. The van der Waals surface area contributed by atoms with Crippen LogP contribution in [0, 0.1) is 5.82 Å². The van der Waals surface area contributed by atoms with Gasteiger partial charge in [0, 0.05) is 62.2 Å². The summed E-state index contributed by atoms with van der Waals surface area (Å²) in [6.07, 6.45) is 1.33. The summed E-state index contributed by atoms with van der Waals surface area (Å²) in [5, 5.41) is 12.9. The van der Waals surface area contributed by atoms with Crippen LogP contribution in [0.25, 0.3) is 16.6 Å². The highest BCUT2D eigenvalue weighted by Gasteiger charge is 2.21. The lowest BCUT2D eigenvalue weighted by Crippen LogP contribution is -2.43. The third-order valence-electron chi connectivity index (χ3n) is 6.26. The first-order valence-electron chi connectivity index (χ1n) is 11.0. The first-order chi connectivity index (χ1) is 16.0. The van der Waals surface area contributed by atoms with Crippen molar-refractivity contribution in [3.8, 4) is 5.69 Å². The highest BCUT2D eigenvalue weighted by atomic mass is 19.1. The number of aromatic carboxylic acids is 1. The van der Waals surface area contributed by atoms with Gasteiger partial charge in [-0.1, -0.05) is 0 Å². The quantitative estimate of drug-likeness (QED) is 0.627. The average molecular weight is 452 g/mol. The summed E-state index contributed by atoms with van der Waals surface area (Å²) in [5.74, 6) is -1.87. The van der Waals surface area contributed by atoms with Gasteiger partial charge in [-0.15, -0.1) is 0 Å². The minimum absolute atomic E-state index is 0.0449. The molecule has 2 fully saturated rings. The molecule has 0 radical (unpaired) electrons. The normalized spacial score (nSPS) is 16.9. The van der Waals surface area contributed by atoms with E-state index in [2.05, 4.69) is 10.2 Å². The average Bonchev–Trinajstić information content (AvgIpc) is 2.85. The maximum absolute atomic E-state index is 15.0. The Balaban J connectivity index is 1.65. The van der Waals surface area contributed by atoms with Crippen molar-refractivity contribution < 1.29 is 19.0 Å². The number of anilines is 2. The Morgan fingerprint density at radius 3 is 2.30 bits per heavy atom. The monoisotopic (exact) mass is 452 g/mol. The molecule has 2 saturated heterocycles. The summed E-state index contributed by atoms with van der Waals surface area (Å²) in [5.41, 5.74) is 1.53. The maximum Gasteiger partial charge on any atom is 0.341 e. The number of hydrogen-bond acceptors (Lipinski definition) is 6. The fourth-order valence-corrected chi connectivity index (χ4v) is 4.49. The molecule has 0 amide bonds. The van der Waals surface area contributed by atoms with Crippen LogP contribution < -0.4 is 20.5 Å². The van der Waals surface area contributed by atoms with E-state index in [0.29, 0.717) is 43.2 Å². The largest absolute Gasteiger partial charge is 0.477 e. The number of morpholine rings is 1. The van der Waals surface area contributed by atoms with Crippen LogP contribution in [0.4, 0.5) is 15.8 Å². The Labute approximate surface area is 189 Å². The number of nitrogens with zero attached hydrogens (tertiary/aromatic N) is 3. The molecule has 33 heavy (non-hydrogen) atoms. The molecule has 3 heterocycles. The number of nitrogens with one attached hydrogen (secondary N) is 1. The predicted molar refractivity (Wildman–Crippen MR) is 125 cm³/mol. The van der Waals surface area contributed by atoms with Crippen LogP contribution in [0.5, 0.6) is 0 Å². The van der Waals surface area contributed by atoms with Crippen LogP contribution in [0.1, 0.15) is 10.4 Å². The van der Waals surface area contributed by atoms with Gasteiger partial charge in [-0.05, 0) is 36.4 Å². The van der Waals surface area contributed by atoms with Crippen molar-refractivity contribution in [2.75, 3.05) is 62.3 Å². The Bertz CT molecular complexity index is 1250. The summed E-state index contributed by atoms with van der Waals surface area (Å²) in [6.45, 7) is 5.73. The molecule has 3 aromatic rings. The summed E-state index contributed by atoms with van der Waals surface area (Å²) in [6, 6.07) is 10.5. The van der Waals surface area contributed by atoms with E-state index in [-0.39, 0.29) is 5.39 Å². The number of rotatable bonds is 4. The molecule has 0 aliphatic carbocycles. The smallest absolute Gasteiger partial charge is 0.341 e. The van der Waals surface area contributed by atoms with Crippen molar-refractivity contribution in [3.05, 3.63) is 64.2 Å². The van der Waals surface area contributed by atoms with Crippen molar-refractivity contribution in [2.24, 2.45) is 0 Å². The minimum Gasteiger partial charge on any atom is -0.477 e. The summed E-state index contributed by atoms with van der Waals surface area (Å²) in [7, 11) is 0. The number of piperazine rings is 1.